The maximum Gasteiger partial charge on any atom is 0.113 e. The predicted molar refractivity (Wildman–Crippen MR) is 48.1 cm³/mol. The Morgan fingerprint density at radius 2 is 2.45 bits per heavy atom. The molecule has 1 heterocycles. The van der Waals surface area contributed by atoms with Gasteiger partial charge in [0.05, 0.1) is 6.61 Å². The predicted octanol–water partition coefficient (Wildman–Crippen LogP) is 1.85. The highest BCUT2D eigenvalue weighted by Gasteiger charge is 1.92. The molecule has 0 fully saturated rings. The number of halogens is 1. The van der Waals surface area contributed by atoms with Gasteiger partial charge in [0.2, 0.25) is 0 Å². The molecule has 2 nitrogen and oxygen atoms in total. The molecule has 1 N–H and O–H groups in total. The van der Waals surface area contributed by atoms with Gasteiger partial charge < -0.3 is 5.11 Å². The normalized spacial score (nSPS) is 10.7. The van der Waals surface area contributed by atoms with E-state index in [9.17, 15) is 0 Å². The van der Waals surface area contributed by atoms with Crippen LogP contribution in [0.5, 0.6) is 0 Å². The van der Waals surface area contributed by atoms with Crippen molar-refractivity contribution in [1.82, 2.24) is 4.98 Å². The summed E-state index contributed by atoms with van der Waals surface area (Å²) in [5.41, 5.74) is 0.974. The maximum atomic E-state index is 8.50. The van der Waals surface area contributed by atoms with Gasteiger partial charge in [0, 0.05) is 11.8 Å². The molecule has 0 saturated carbocycles. The molecule has 3 heteroatoms. The molecule has 0 aliphatic heterocycles. The summed E-state index contributed by atoms with van der Waals surface area (Å²) in [6.45, 7) is 0.0569. The van der Waals surface area contributed by atoms with Crippen molar-refractivity contribution in [3.8, 4) is 0 Å². The maximum absolute atomic E-state index is 8.50. The van der Waals surface area contributed by atoms with Crippen LogP contribution in [0.15, 0.2) is 29.0 Å². The molecule has 1 aromatic heterocycles. The Hall–Kier alpha value is -0.670. The van der Waals surface area contributed by atoms with Gasteiger partial charge in [-0.1, -0.05) is 18.2 Å². The molecule has 1 aromatic rings. The van der Waals surface area contributed by atoms with Gasteiger partial charge >= 0.3 is 0 Å². The van der Waals surface area contributed by atoms with E-state index in [4.69, 9.17) is 5.11 Å². The summed E-state index contributed by atoms with van der Waals surface area (Å²) >= 11 is 3.28. The minimum absolute atomic E-state index is 0.0569. The molecule has 0 unspecified atom stereocenters. The van der Waals surface area contributed by atoms with Crippen molar-refractivity contribution in [2.45, 2.75) is 0 Å². The first-order valence-corrected chi connectivity index (χ1v) is 4.02. The fraction of sp³-hybridized carbons (Fsp3) is 0.125. The average Bonchev–Trinajstić information content (AvgIpc) is 2.03. The van der Waals surface area contributed by atoms with Gasteiger partial charge in [-0.15, -0.1) is 0 Å². The smallest absolute Gasteiger partial charge is 0.113 e. The SMILES string of the molecule is OCC=Cc1cccnc1Br. The first-order valence-electron chi connectivity index (χ1n) is 3.22. The second kappa shape index (κ2) is 4.26. The second-order valence-electron chi connectivity index (χ2n) is 1.97. The van der Waals surface area contributed by atoms with Gasteiger partial charge in [-0.05, 0) is 22.0 Å². The van der Waals surface area contributed by atoms with Gasteiger partial charge in [-0.3, -0.25) is 0 Å². The van der Waals surface area contributed by atoms with E-state index in [0.29, 0.717) is 0 Å². The van der Waals surface area contributed by atoms with Crippen LogP contribution in [0.1, 0.15) is 5.56 Å². The molecular weight excluding hydrogens is 206 g/mol. The average molecular weight is 214 g/mol. The van der Waals surface area contributed by atoms with Crippen LogP contribution < -0.4 is 0 Å². The van der Waals surface area contributed by atoms with Crippen molar-refractivity contribution in [1.29, 1.82) is 0 Å². The monoisotopic (exact) mass is 213 g/mol. The molecular formula is C8H8BrNO. The quantitative estimate of drug-likeness (QED) is 0.762. The first-order chi connectivity index (χ1) is 5.34. The van der Waals surface area contributed by atoms with Gasteiger partial charge in [-0.25, -0.2) is 4.98 Å². The van der Waals surface area contributed by atoms with E-state index >= 15 is 0 Å². The molecule has 0 radical (unpaired) electrons. The molecule has 1 rings (SSSR count). The number of aliphatic hydroxyl groups excluding tert-OH is 1. The Morgan fingerprint density at radius 3 is 3.09 bits per heavy atom. The summed E-state index contributed by atoms with van der Waals surface area (Å²) in [4.78, 5) is 4.02. The number of hydrogen-bond acceptors (Lipinski definition) is 2. The molecule has 0 saturated heterocycles. The third-order valence-electron chi connectivity index (χ3n) is 1.19. The van der Waals surface area contributed by atoms with E-state index in [1.165, 1.54) is 0 Å². The van der Waals surface area contributed by atoms with Crippen LogP contribution in [-0.2, 0) is 0 Å². The third kappa shape index (κ3) is 2.44. The Morgan fingerprint density at radius 1 is 1.64 bits per heavy atom. The van der Waals surface area contributed by atoms with E-state index in [1.807, 2.05) is 18.2 Å². The summed E-state index contributed by atoms with van der Waals surface area (Å²) in [6, 6.07) is 3.77. The summed E-state index contributed by atoms with van der Waals surface area (Å²) < 4.78 is 0.796. The van der Waals surface area contributed by atoms with Crippen LogP contribution in [0.4, 0.5) is 0 Å². The number of nitrogens with zero attached hydrogens (tertiary/aromatic N) is 1. The van der Waals surface area contributed by atoms with Crippen molar-refractivity contribution in [2.24, 2.45) is 0 Å². The Kier molecular flexibility index (Phi) is 3.26. The van der Waals surface area contributed by atoms with Crippen LogP contribution in [0.3, 0.4) is 0 Å². The highest BCUT2D eigenvalue weighted by molar-refractivity contribution is 9.10. The topological polar surface area (TPSA) is 33.1 Å². The Bertz CT molecular complexity index is 260. The van der Waals surface area contributed by atoms with E-state index < -0.39 is 0 Å². The summed E-state index contributed by atoms with van der Waals surface area (Å²) in [7, 11) is 0. The van der Waals surface area contributed by atoms with Crippen LogP contribution in [0.25, 0.3) is 6.08 Å². The van der Waals surface area contributed by atoms with Crippen LogP contribution in [0, 0.1) is 0 Å². The molecule has 0 aliphatic rings. The van der Waals surface area contributed by atoms with Crippen LogP contribution in [-0.4, -0.2) is 16.7 Å². The Labute approximate surface area is 73.7 Å². The molecule has 0 aliphatic carbocycles. The van der Waals surface area contributed by atoms with Gasteiger partial charge in [0.1, 0.15) is 4.60 Å². The minimum Gasteiger partial charge on any atom is -0.392 e. The van der Waals surface area contributed by atoms with E-state index in [1.54, 1.807) is 12.3 Å². The molecule has 0 bridgehead atoms. The molecule has 0 aromatic carbocycles. The number of aromatic nitrogens is 1. The zero-order valence-electron chi connectivity index (χ0n) is 5.87. The number of pyridine rings is 1. The number of aliphatic hydroxyl groups is 1. The minimum atomic E-state index is 0.0569. The Balaban J connectivity index is 2.86. The lowest BCUT2D eigenvalue weighted by molar-refractivity contribution is 0.343. The first kappa shape index (κ1) is 8.43. The lowest BCUT2D eigenvalue weighted by atomic mass is 10.3. The van der Waals surface area contributed by atoms with Crippen molar-refractivity contribution in [3.63, 3.8) is 0 Å². The summed E-state index contributed by atoms with van der Waals surface area (Å²) in [5.74, 6) is 0. The van der Waals surface area contributed by atoms with Gasteiger partial charge in [0.25, 0.3) is 0 Å². The lowest BCUT2D eigenvalue weighted by Gasteiger charge is -1.93. The molecule has 0 atom stereocenters. The van der Waals surface area contributed by atoms with Crippen LogP contribution >= 0.6 is 15.9 Å². The summed E-state index contributed by atoms with van der Waals surface area (Å²) in [6.07, 6.45) is 5.19. The second-order valence-corrected chi connectivity index (χ2v) is 2.72. The molecule has 11 heavy (non-hydrogen) atoms. The van der Waals surface area contributed by atoms with Gasteiger partial charge in [0.15, 0.2) is 0 Å². The van der Waals surface area contributed by atoms with Crippen molar-refractivity contribution in [2.75, 3.05) is 6.61 Å². The number of hydrogen-bond donors (Lipinski definition) is 1. The van der Waals surface area contributed by atoms with Crippen molar-refractivity contribution in [3.05, 3.63) is 34.6 Å². The zero-order chi connectivity index (χ0) is 8.10. The molecule has 58 valence electrons. The van der Waals surface area contributed by atoms with Crippen molar-refractivity contribution >= 4 is 22.0 Å². The van der Waals surface area contributed by atoms with Crippen molar-refractivity contribution < 1.29 is 5.11 Å². The standard InChI is InChI=1S/C8H8BrNO/c9-8-7(4-2-6-11)3-1-5-10-8/h1-5,11H,6H2. The fourth-order valence-corrected chi connectivity index (χ4v) is 1.09. The molecule has 0 spiro atoms. The fourth-order valence-electron chi connectivity index (χ4n) is 0.702. The zero-order valence-corrected chi connectivity index (χ0v) is 7.45. The third-order valence-corrected chi connectivity index (χ3v) is 1.85. The highest BCUT2D eigenvalue weighted by atomic mass is 79.9. The van der Waals surface area contributed by atoms with E-state index in [2.05, 4.69) is 20.9 Å². The van der Waals surface area contributed by atoms with E-state index in [-0.39, 0.29) is 6.61 Å². The largest absolute Gasteiger partial charge is 0.392 e. The lowest BCUT2D eigenvalue weighted by Crippen LogP contribution is -1.79. The number of rotatable bonds is 2. The summed E-state index contributed by atoms with van der Waals surface area (Å²) in [5, 5.41) is 8.50. The van der Waals surface area contributed by atoms with E-state index in [0.717, 1.165) is 10.2 Å². The van der Waals surface area contributed by atoms with Gasteiger partial charge in [-0.2, -0.15) is 0 Å². The highest BCUT2D eigenvalue weighted by Crippen LogP contribution is 2.13. The van der Waals surface area contributed by atoms with Crippen LogP contribution in [0.2, 0.25) is 0 Å². The molecule has 0 amide bonds.